The van der Waals surface area contributed by atoms with Crippen molar-refractivity contribution >= 4 is 17.7 Å². The molecule has 0 aliphatic heterocycles. The number of aliphatic imine (C=N–C) groups is 1. The molecule has 0 spiro atoms. The second-order valence-corrected chi connectivity index (χ2v) is 3.38. The molecule has 1 unspecified atom stereocenters. The molecule has 1 rings (SSSR count). The van der Waals surface area contributed by atoms with Gasteiger partial charge in [-0.15, -0.1) is 0 Å². The van der Waals surface area contributed by atoms with Gasteiger partial charge in [-0.3, -0.25) is 0 Å². The monoisotopic (exact) mass is 253 g/mol. The maximum Gasteiger partial charge on any atom is 0.432 e. The highest BCUT2D eigenvalue weighted by molar-refractivity contribution is 6.24. The van der Waals surface area contributed by atoms with Crippen LogP contribution in [0.15, 0.2) is 29.3 Å². The van der Waals surface area contributed by atoms with E-state index in [-0.39, 0.29) is 0 Å². The molecule has 0 aromatic heterocycles. The van der Waals surface area contributed by atoms with Gasteiger partial charge in [0.1, 0.15) is 5.82 Å². The molecule has 0 heterocycles. The van der Waals surface area contributed by atoms with Crippen LogP contribution < -0.4 is 0 Å². The molecule has 0 N–H and O–H groups in total. The van der Waals surface area contributed by atoms with Crippen molar-refractivity contribution in [3.05, 3.63) is 35.6 Å². The van der Waals surface area contributed by atoms with Crippen LogP contribution in [0.25, 0.3) is 0 Å². The van der Waals surface area contributed by atoms with E-state index in [1.807, 2.05) is 0 Å². The number of isocyanates is 1. The second kappa shape index (κ2) is 4.23. The third-order valence-corrected chi connectivity index (χ3v) is 2.32. The molecule has 2 nitrogen and oxygen atoms in total. The van der Waals surface area contributed by atoms with Gasteiger partial charge >= 0.3 is 6.18 Å². The molecule has 0 saturated carbocycles. The summed E-state index contributed by atoms with van der Waals surface area (Å²) >= 11 is 5.22. The quantitative estimate of drug-likeness (QED) is 0.262. The Hall–Kier alpha value is -1.39. The van der Waals surface area contributed by atoms with E-state index in [0.717, 1.165) is 30.3 Å². The molecule has 0 saturated heterocycles. The van der Waals surface area contributed by atoms with Gasteiger partial charge in [0, 0.05) is 5.56 Å². The first-order valence-corrected chi connectivity index (χ1v) is 4.30. The molecule has 16 heavy (non-hydrogen) atoms. The standard InChI is InChI=1S/C9H4ClF4NO/c10-8(15-5-16,9(12,13)14)6-1-3-7(11)4-2-6/h1-4H. The van der Waals surface area contributed by atoms with Crippen LogP contribution >= 0.6 is 11.6 Å². The number of halogens is 5. The lowest BCUT2D eigenvalue weighted by Gasteiger charge is -2.24. The first-order chi connectivity index (χ1) is 7.31. The van der Waals surface area contributed by atoms with Crippen molar-refractivity contribution in [3.8, 4) is 0 Å². The van der Waals surface area contributed by atoms with Crippen LogP contribution in [0.5, 0.6) is 0 Å². The van der Waals surface area contributed by atoms with Crippen LogP contribution in [-0.4, -0.2) is 12.3 Å². The Kier molecular flexibility index (Phi) is 3.35. The summed E-state index contributed by atoms with van der Waals surface area (Å²) < 4.78 is 50.3. The van der Waals surface area contributed by atoms with Gasteiger partial charge in [-0.25, -0.2) is 9.18 Å². The van der Waals surface area contributed by atoms with Crippen molar-refractivity contribution in [2.24, 2.45) is 4.99 Å². The molecule has 0 radical (unpaired) electrons. The summed E-state index contributed by atoms with van der Waals surface area (Å²) in [5.41, 5.74) is -0.550. The van der Waals surface area contributed by atoms with E-state index in [1.54, 1.807) is 0 Å². The van der Waals surface area contributed by atoms with Crippen LogP contribution in [0, 0.1) is 5.82 Å². The fourth-order valence-electron chi connectivity index (χ4n) is 1.03. The molecule has 1 atom stereocenters. The summed E-state index contributed by atoms with van der Waals surface area (Å²) in [6, 6.07) is 3.18. The number of alkyl halides is 4. The van der Waals surface area contributed by atoms with E-state index in [4.69, 9.17) is 11.6 Å². The van der Waals surface area contributed by atoms with Gasteiger partial charge in [-0.05, 0) is 12.1 Å². The van der Waals surface area contributed by atoms with Crippen LogP contribution in [0.3, 0.4) is 0 Å². The van der Waals surface area contributed by atoms with E-state index < -0.39 is 22.6 Å². The SMILES string of the molecule is O=C=NC(Cl)(c1ccc(F)cc1)C(F)(F)F. The first-order valence-electron chi connectivity index (χ1n) is 3.92. The fourth-order valence-corrected chi connectivity index (χ4v) is 1.19. The lowest BCUT2D eigenvalue weighted by Crippen LogP contribution is -2.35. The van der Waals surface area contributed by atoms with Crippen LogP contribution in [0.2, 0.25) is 0 Å². The van der Waals surface area contributed by atoms with E-state index in [0.29, 0.717) is 0 Å². The van der Waals surface area contributed by atoms with Gasteiger partial charge in [0.15, 0.2) is 0 Å². The molecule has 0 fully saturated rings. The molecule has 1 aromatic rings. The van der Waals surface area contributed by atoms with Gasteiger partial charge in [0.05, 0.1) is 0 Å². The summed E-state index contributed by atoms with van der Waals surface area (Å²) in [5, 5.41) is 0. The Labute approximate surface area is 92.5 Å². The van der Waals surface area contributed by atoms with Gasteiger partial charge < -0.3 is 0 Å². The molecule has 7 heteroatoms. The molecular weight excluding hydrogens is 250 g/mol. The third-order valence-electron chi connectivity index (χ3n) is 1.80. The number of hydrogen-bond donors (Lipinski definition) is 0. The minimum Gasteiger partial charge on any atom is -0.211 e. The van der Waals surface area contributed by atoms with Crippen molar-refractivity contribution in [2.75, 3.05) is 0 Å². The molecule has 0 aliphatic carbocycles. The molecule has 1 aromatic carbocycles. The summed E-state index contributed by atoms with van der Waals surface area (Å²) in [5.74, 6) is -0.722. The van der Waals surface area contributed by atoms with Crippen molar-refractivity contribution in [3.63, 3.8) is 0 Å². The highest BCUT2D eigenvalue weighted by atomic mass is 35.5. The largest absolute Gasteiger partial charge is 0.432 e. The molecule has 0 bridgehead atoms. The number of nitrogens with zero attached hydrogens (tertiary/aromatic N) is 1. The van der Waals surface area contributed by atoms with Crippen LogP contribution in [-0.2, 0) is 9.79 Å². The van der Waals surface area contributed by atoms with E-state index >= 15 is 0 Å². The van der Waals surface area contributed by atoms with Crippen molar-refractivity contribution in [1.29, 1.82) is 0 Å². The summed E-state index contributed by atoms with van der Waals surface area (Å²) in [6.45, 7) is 0. The topological polar surface area (TPSA) is 29.4 Å². The summed E-state index contributed by atoms with van der Waals surface area (Å²) in [7, 11) is 0. The Balaban J connectivity index is 3.33. The normalized spacial score (nSPS) is 15.1. The Morgan fingerprint density at radius 1 is 1.19 bits per heavy atom. The Bertz CT molecular complexity index is 424. The molecule has 0 amide bonds. The van der Waals surface area contributed by atoms with E-state index in [1.165, 1.54) is 0 Å². The maximum atomic E-state index is 12.6. The first kappa shape index (κ1) is 12.7. The minimum absolute atomic E-state index is 0.550. The predicted molar refractivity (Wildman–Crippen MR) is 48.1 cm³/mol. The zero-order valence-corrected chi connectivity index (χ0v) is 8.31. The lowest BCUT2D eigenvalue weighted by molar-refractivity contribution is -0.162. The van der Waals surface area contributed by atoms with Crippen molar-refractivity contribution in [2.45, 2.75) is 11.2 Å². The van der Waals surface area contributed by atoms with Gasteiger partial charge in [0.25, 0.3) is 5.00 Å². The fraction of sp³-hybridized carbons (Fsp3) is 0.222. The zero-order chi connectivity index (χ0) is 12.4. The molecule has 0 aliphatic rings. The third kappa shape index (κ3) is 2.23. The van der Waals surface area contributed by atoms with E-state index in [2.05, 4.69) is 4.99 Å². The van der Waals surface area contributed by atoms with Crippen molar-refractivity contribution in [1.82, 2.24) is 0 Å². The predicted octanol–water partition coefficient (Wildman–Crippen LogP) is 3.12. The average Bonchev–Trinajstić information content (AvgIpc) is 2.17. The highest BCUT2D eigenvalue weighted by Gasteiger charge is 2.55. The lowest BCUT2D eigenvalue weighted by atomic mass is 10.1. The Morgan fingerprint density at radius 3 is 2.06 bits per heavy atom. The van der Waals surface area contributed by atoms with Gasteiger partial charge in [0.2, 0.25) is 6.08 Å². The molecule has 86 valence electrons. The molecular formula is C9H4ClF4NO. The van der Waals surface area contributed by atoms with Crippen molar-refractivity contribution < 1.29 is 22.4 Å². The smallest absolute Gasteiger partial charge is 0.211 e. The number of carbonyl (C=O) groups excluding carboxylic acids is 1. The van der Waals surface area contributed by atoms with Gasteiger partial charge in [-0.2, -0.15) is 18.2 Å². The van der Waals surface area contributed by atoms with Gasteiger partial charge in [-0.1, -0.05) is 23.7 Å². The second-order valence-electron chi connectivity index (χ2n) is 2.83. The van der Waals surface area contributed by atoms with Crippen LogP contribution in [0.1, 0.15) is 5.56 Å². The maximum absolute atomic E-state index is 12.6. The number of rotatable bonds is 2. The Morgan fingerprint density at radius 2 is 1.69 bits per heavy atom. The minimum atomic E-state index is -4.98. The van der Waals surface area contributed by atoms with E-state index in [9.17, 15) is 22.4 Å². The highest BCUT2D eigenvalue weighted by Crippen LogP contribution is 2.45. The van der Waals surface area contributed by atoms with Crippen LogP contribution in [0.4, 0.5) is 17.6 Å². The number of benzene rings is 1. The average molecular weight is 254 g/mol. The summed E-state index contributed by atoms with van der Waals surface area (Å²) in [6.07, 6.45) is -4.23. The number of hydrogen-bond acceptors (Lipinski definition) is 2. The zero-order valence-electron chi connectivity index (χ0n) is 7.55. The summed E-state index contributed by atoms with van der Waals surface area (Å²) in [4.78, 5) is 9.28.